The van der Waals surface area contributed by atoms with Gasteiger partial charge in [-0.2, -0.15) is 0 Å². The number of fused-ring (bicyclic) bond motifs is 1. The number of hydrogen-bond donors (Lipinski definition) is 1. The molecule has 1 heterocycles. The van der Waals surface area contributed by atoms with Crippen LogP contribution in [0.15, 0.2) is 24.3 Å². The van der Waals surface area contributed by atoms with E-state index in [4.69, 9.17) is 12.2 Å². The van der Waals surface area contributed by atoms with Crippen molar-refractivity contribution < 1.29 is 0 Å². The molecule has 0 spiro atoms. The van der Waals surface area contributed by atoms with E-state index in [1.807, 2.05) is 0 Å². The number of aromatic nitrogens is 2. The lowest BCUT2D eigenvalue weighted by Crippen LogP contribution is -1.97. The van der Waals surface area contributed by atoms with Crippen molar-refractivity contribution in [2.24, 2.45) is 0 Å². The molecule has 2 nitrogen and oxygen atoms in total. The first-order chi connectivity index (χ1) is 9.15. The number of nitrogens with zero attached hydrogens (tertiary/aromatic N) is 1. The van der Waals surface area contributed by atoms with Gasteiger partial charge in [0.25, 0.3) is 0 Å². The molecule has 0 saturated heterocycles. The molecule has 2 aromatic rings. The number of rotatable bonds is 2. The zero-order chi connectivity index (χ0) is 13.4. The van der Waals surface area contributed by atoms with Gasteiger partial charge in [0.1, 0.15) is 10.5 Å². The first-order valence-corrected chi connectivity index (χ1v) is 7.28. The largest absolute Gasteiger partial charge is 0.343 e. The van der Waals surface area contributed by atoms with Crippen LogP contribution in [0.2, 0.25) is 0 Å². The summed E-state index contributed by atoms with van der Waals surface area (Å²) in [5.74, 6) is 1.46. The Bertz CT molecular complexity index is 653. The van der Waals surface area contributed by atoms with Crippen LogP contribution in [0.3, 0.4) is 0 Å². The van der Waals surface area contributed by atoms with E-state index in [0.29, 0.717) is 5.92 Å². The summed E-state index contributed by atoms with van der Waals surface area (Å²) >= 11 is 5.40. The molecule has 1 aliphatic carbocycles. The summed E-state index contributed by atoms with van der Waals surface area (Å²) in [6.45, 7) is 4.41. The van der Waals surface area contributed by atoms with Crippen LogP contribution in [-0.2, 0) is 12.8 Å². The van der Waals surface area contributed by atoms with E-state index in [1.54, 1.807) is 0 Å². The van der Waals surface area contributed by atoms with Crippen LogP contribution in [0, 0.1) is 4.64 Å². The Morgan fingerprint density at radius 3 is 2.58 bits per heavy atom. The van der Waals surface area contributed by atoms with E-state index < -0.39 is 0 Å². The normalized spacial score (nSPS) is 13.8. The molecule has 1 N–H and O–H groups in total. The van der Waals surface area contributed by atoms with Crippen molar-refractivity contribution in [1.29, 1.82) is 0 Å². The van der Waals surface area contributed by atoms with Crippen LogP contribution in [0.4, 0.5) is 0 Å². The molecule has 0 unspecified atom stereocenters. The van der Waals surface area contributed by atoms with Crippen molar-refractivity contribution in [1.82, 2.24) is 9.97 Å². The molecule has 0 aliphatic heterocycles. The average Bonchev–Trinajstić information content (AvgIpc) is 2.87. The zero-order valence-electron chi connectivity index (χ0n) is 11.4. The summed E-state index contributed by atoms with van der Waals surface area (Å²) in [4.78, 5) is 8.00. The zero-order valence-corrected chi connectivity index (χ0v) is 12.2. The molecular weight excluding hydrogens is 252 g/mol. The lowest BCUT2D eigenvalue weighted by molar-refractivity contribution is 0.866. The third-order valence-corrected chi connectivity index (χ3v) is 4.15. The summed E-state index contributed by atoms with van der Waals surface area (Å²) < 4.78 is 0.772. The standard InChI is InChI=1S/C16H18N2S/c1-10(2)11-6-8-12(9-7-11)15-17-14-5-3-4-13(14)16(19)18-15/h6-10H,3-5H2,1-2H3,(H,17,18,19). The van der Waals surface area contributed by atoms with Crippen molar-refractivity contribution in [2.75, 3.05) is 0 Å². The summed E-state index contributed by atoms with van der Waals surface area (Å²) in [7, 11) is 0. The van der Waals surface area contributed by atoms with E-state index in [2.05, 4.69) is 48.1 Å². The monoisotopic (exact) mass is 270 g/mol. The Hall–Kier alpha value is -1.48. The highest BCUT2D eigenvalue weighted by atomic mass is 32.1. The van der Waals surface area contributed by atoms with Gasteiger partial charge in [-0.15, -0.1) is 0 Å². The first kappa shape index (κ1) is 12.5. The molecule has 98 valence electrons. The van der Waals surface area contributed by atoms with Crippen LogP contribution >= 0.6 is 12.2 Å². The maximum absolute atomic E-state index is 5.40. The molecule has 0 fully saturated rings. The van der Waals surface area contributed by atoms with E-state index in [9.17, 15) is 0 Å². The topological polar surface area (TPSA) is 28.7 Å². The summed E-state index contributed by atoms with van der Waals surface area (Å²) in [6.07, 6.45) is 3.36. The molecule has 0 bridgehead atoms. The van der Waals surface area contributed by atoms with Gasteiger partial charge in [-0.1, -0.05) is 50.3 Å². The Balaban J connectivity index is 2.03. The first-order valence-electron chi connectivity index (χ1n) is 6.87. The third kappa shape index (κ3) is 2.35. The lowest BCUT2D eigenvalue weighted by atomic mass is 10.0. The highest BCUT2D eigenvalue weighted by Gasteiger charge is 2.15. The van der Waals surface area contributed by atoms with Crippen LogP contribution in [0.5, 0.6) is 0 Å². The summed E-state index contributed by atoms with van der Waals surface area (Å²) in [6, 6.07) is 8.60. The molecule has 0 saturated carbocycles. The Morgan fingerprint density at radius 1 is 1.16 bits per heavy atom. The van der Waals surface area contributed by atoms with Gasteiger partial charge in [-0.05, 0) is 30.7 Å². The minimum atomic E-state index is 0.556. The minimum absolute atomic E-state index is 0.556. The predicted octanol–water partition coefficient (Wildman–Crippen LogP) is 4.42. The van der Waals surface area contributed by atoms with Crippen molar-refractivity contribution in [2.45, 2.75) is 39.0 Å². The number of aryl methyl sites for hydroxylation is 1. The van der Waals surface area contributed by atoms with Crippen molar-refractivity contribution >= 4 is 12.2 Å². The number of aromatic amines is 1. The Labute approximate surface area is 118 Å². The fraction of sp³-hybridized carbons (Fsp3) is 0.375. The quantitative estimate of drug-likeness (QED) is 0.818. The van der Waals surface area contributed by atoms with E-state index >= 15 is 0 Å². The van der Waals surface area contributed by atoms with E-state index in [-0.39, 0.29) is 0 Å². The van der Waals surface area contributed by atoms with Gasteiger partial charge in [0, 0.05) is 16.8 Å². The highest BCUT2D eigenvalue weighted by molar-refractivity contribution is 7.71. The SMILES string of the molecule is CC(C)c1ccc(-c2nc(=S)c3c([nH]2)CCC3)cc1. The predicted molar refractivity (Wildman–Crippen MR) is 81.0 cm³/mol. The number of H-pyrrole nitrogens is 1. The second-order valence-electron chi connectivity index (χ2n) is 5.48. The van der Waals surface area contributed by atoms with Gasteiger partial charge in [0.2, 0.25) is 0 Å². The van der Waals surface area contributed by atoms with Gasteiger partial charge in [0.05, 0.1) is 0 Å². The molecular formula is C16H18N2S. The van der Waals surface area contributed by atoms with Crippen molar-refractivity contribution in [3.63, 3.8) is 0 Å². The van der Waals surface area contributed by atoms with Crippen molar-refractivity contribution in [3.05, 3.63) is 45.7 Å². The molecule has 0 atom stereocenters. The molecule has 0 radical (unpaired) electrons. The van der Waals surface area contributed by atoms with Gasteiger partial charge < -0.3 is 4.98 Å². The second-order valence-corrected chi connectivity index (χ2v) is 5.86. The van der Waals surface area contributed by atoms with Crippen LogP contribution in [-0.4, -0.2) is 9.97 Å². The summed E-state index contributed by atoms with van der Waals surface area (Å²) in [5, 5.41) is 0. The van der Waals surface area contributed by atoms with Crippen LogP contribution in [0.25, 0.3) is 11.4 Å². The molecule has 1 aliphatic rings. The minimum Gasteiger partial charge on any atom is -0.343 e. The molecule has 3 heteroatoms. The Morgan fingerprint density at radius 2 is 1.89 bits per heavy atom. The lowest BCUT2D eigenvalue weighted by Gasteiger charge is -2.08. The Kier molecular flexibility index (Phi) is 3.23. The van der Waals surface area contributed by atoms with Crippen LogP contribution in [0.1, 0.15) is 43.0 Å². The summed E-state index contributed by atoms with van der Waals surface area (Å²) in [5.41, 5.74) is 4.99. The fourth-order valence-electron chi connectivity index (χ4n) is 2.62. The molecule has 1 aromatic heterocycles. The number of nitrogens with one attached hydrogen (secondary N) is 1. The third-order valence-electron chi connectivity index (χ3n) is 3.81. The van der Waals surface area contributed by atoms with E-state index in [1.165, 1.54) is 23.2 Å². The maximum atomic E-state index is 5.40. The molecule has 19 heavy (non-hydrogen) atoms. The van der Waals surface area contributed by atoms with E-state index in [0.717, 1.165) is 28.9 Å². The smallest absolute Gasteiger partial charge is 0.139 e. The molecule has 0 amide bonds. The maximum Gasteiger partial charge on any atom is 0.139 e. The molecule has 3 rings (SSSR count). The fourth-order valence-corrected chi connectivity index (χ4v) is 2.94. The molecule has 1 aromatic carbocycles. The van der Waals surface area contributed by atoms with Crippen LogP contribution < -0.4 is 0 Å². The van der Waals surface area contributed by atoms with Gasteiger partial charge in [-0.3, -0.25) is 0 Å². The average molecular weight is 270 g/mol. The second kappa shape index (κ2) is 4.89. The van der Waals surface area contributed by atoms with Crippen molar-refractivity contribution in [3.8, 4) is 11.4 Å². The van der Waals surface area contributed by atoms with Gasteiger partial charge in [-0.25, -0.2) is 4.98 Å². The van der Waals surface area contributed by atoms with Gasteiger partial charge in [0.15, 0.2) is 0 Å². The number of benzene rings is 1. The van der Waals surface area contributed by atoms with Gasteiger partial charge >= 0.3 is 0 Å². The highest BCUT2D eigenvalue weighted by Crippen LogP contribution is 2.25. The number of hydrogen-bond acceptors (Lipinski definition) is 2.